The molecule has 12 unspecified atom stereocenters. The Labute approximate surface area is 556 Å². The van der Waals surface area contributed by atoms with E-state index in [9.17, 15) is 45.6 Å². The minimum atomic E-state index is -1.79. The fraction of sp³-hybridized carbons (Fsp3) is 0.857. The van der Waals surface area contributed by atoms with Crippen molar-refractivity contribution in [1.82, 2.24) is 5.32 Å². The van der Waals surface area contributed by atoms with Gasteiger partial charge in [0.15, 0.2) is 12.6 Å². The van der Waals surface area contributed by atoms with E-state index in [0.717, 1.165) is 44.9 Å². The van der Waals surface area contributed by atoms with E-state index in [2.05, 4.69) is 67.8 Å². The van der Waals surface area contributed by atoms with Gasteiger partial charge in [0, 0.05) is 6.42 Å². The van der Waals surface area contributed by atoms with Crippen molar-refractivity contribution in [3.63, 3.8) is 0 Å². The first-order valence-electron chi connectivity index (χ1n) is 38.0. The minimum absolute atomic E-state index is 0.244. The van der Waals surface area contributed by atoms with Gasteiger partial charge < -0.3 is 65.1 Å². The van der Waals surface area contributed by atoms with Crippen molar-refractivity contribution in [2.24, 2.45) is 0 Å². The zero-order chi connectivity index (χ0) is 65.9. The van der Waals surface area contributed by atoms with Gasteiger partial charge >= 0.3 is 0 Å². The Hall–Kier alpha value is -2.31. The Morgan fingerprint density at radius 1 is 0.396 bits per heavy atom. The molecule has 2 fully saturated rings. The molecule has 0 bridgehead atoms. The van der Waals surface area contributed by atoms with Crippen LogP contribution in [0.1, 0.15) is 328 Å². The molecule has 14 nitrogen and oxygen atoms in total. The smallest absolute Gasteiger partial charge is 0.220 e. The van der Waals surface area contributed by atoms with Crippen LogP contribution in [0.4, 0.5) is 0 Å². The third-order valence-electron chi connectivity index (χ3n) is 18.4. The normalized spacial score (nSPS) is 23.1. The number of carbonyl (C=O) groups excluding carboxylic acids is 1. The fourth-order valence-corrected chi connectivity index (χ4v) is 12.4. The van der Waals surface area contributed by atoms with Crippen LogP contribution in [-0.2, 0) is 23.7 Å². The Bertz CT molecular complexity index is 1760. The molecule has 0 aromatic rings. The lowest BCUT2D eigenvalue weighted by molar-refractivity contribution is -0.359. The summed E-state index contributed by atoms with van der Waals surface area (Å²) in [6.45, 7) is 2.81. The maximum atomic E-state index is 13.4. The number of hydrogen-bond acceptors (Lipinski definition) is 13. The van der Waals surface area contributed by atoms with Crippen LogP contribution in [0.25, 0.3) is 0 Å². The van der Waals surface area contributed by atoms with E-state index in [1.807, 2.05) is 6.08 Å². The highest BCUT2D eigenvalue weighted by atomic mass is 16.7. The lowest BCUT2D eigenvalue weighted by Gasteiger charge is -2.46. The minimum Gasteiger partial charge on any atom is -0.394 e. The summed E-state index contributed by atoms with van der Waals surface area (Å²) in [5.41, 5.74) is 0. The van der Waals surface area contributed by atoms with Crippen LogP contribution in [0, 0.1) is 0 Å². The SMILES string of the molecule is CCCCCCC/C=C\C/C=C\C/C=C\CCCCCCCCCCCCCCCCCCCCCCC(=O)NC(COC1OC(CO)C(OC2OC(CO)C(O)C(O)C2O)C(O)C1O)C(O)/C=C/CC/C=C/CCCCCCCCCCCCCCCCCC. The third kappa shape index (κ3) is 44.9. The molecule has 0 aromatic carbocycles. The number of aliphatic hydroxyl groups is 8. The molecule has 9 N–H and O–H groups in total. The number of ether oxygens (including phenoxy) is 4. The van der Waals surface area contributed by atoms with E-state index in [1.165, 1.54) is 250 Å². The summed E-state index contributed by atoms with van der Waals surface area (Å²) >= 11 is 0. The monoisotopic (exact) mass is 1290 g/mol. The van der Waals surface area contributed by atoms with Gasteiger partial charge in [-0.2, -0.15) is 0 Å². The standard InChI is InChI=1S/C77H141NO13/c1-3-5-7-9-11-13-15-17-19-21-23-25-27-28-29-30-31-32-33-34-35-36-37-38-39-41-43-45-47-49-51-53-55-57-59-61-69(82)78-65(64-88-76-74(87)72(85)75(68(63-80)90-76)91-77-73(86)71(84)70(83)67(62-79)89-77)66(81)60-58-56-54-52-50-48-46-44-42-40-26-24-22-20-18-16-14-12-10-8-6-4-2/h15,17,21,23,27-28,50,52,58,60,65-68,70-77,79-81,83-87H,3-14,16,18-20,22,24-26,29-49,51,53-57,59,61-64H2,1-2H3,(H,78,82)/b17-15-,23-21-,28-27-,52-50+,60-58+. The van der Waals surface area contributed by atoms with Crippen molar-refractivity contribution in [1.29, 1.82) is 0 Å². The van der Waals surface area contributed by atoms with Gasteiger partial charge in [0.05, 0.1) is 32.0 Å². The van der Waals surface area contributed by atoms with Crippen molar-refractivity contribution in [2.75, 3.05) is 19.8 Å². The number of nitrogens with one attached hydrogen (secondary N) is 1. The predicted octanol–water partition coefficient (Wildman–Crippen LogP) is 16.4. The van der Waals surface area contributed by atoms with Crippen molar-refractivity contribution < 1.29 is 64.6 Å². The van der Waals surface area contributed by atoms with Crippen LogP contribution in [-0.4, -0.2) is 140 Å². The predicted molar refractivity (Wildman–Crippen MR) is 374 cm³/mol. The van der Waals surface area contributed by atoms with E-state index in [-0.39, 0.29) is 18.9 Å². The average Bonchev–Trinajstić information content (AvgIpc) is 0.888. The number of aliphatic hydroxyl groups excluding tert-OH is 8. The van der Waals surface area contributed by atoms with Crippen LogP contribution in [0.2, 0.25) is 0 Å². The second-order valence-electron chi connectivity index (χ2n) is 26.8. The first-order chi connectivity index (χ1) is 44.6. The number of rotatable bonds is 63. The molecule has 14 heteroatoms. The highest BCUT2D eigenvalue weighted by molar-refractivity contribution is 5.76. The van der Waals surface area contributed by atoms with E-state index >= 15 is 0 Å². The zero-order valence-corrected chi connectivity index (χ0v) is 58.1. The van der Waals surface area contributed by atoms with Gasteiger partial charge in [0.2, 0.25) is 5.91 Å². The van der Waals surface area contributed by atoms with E-state index in [4.69, 9.17) is 18.9 Å². The maximum absolute atomic E-state index is 13.4. The molecule has 2 rings (SSSR count). The van der Waals surface area contributed by atoms with Crippen molar-refractivity contribution in [3.05, 3.63) is 60.8 Å². The van der Waals surface area contributed by atoms with Crippen molar-refractivity contribution in [2.45, 2.75) is 402 Å². The first kappa shape index (κ1) is 84.8. The Morgan fingerprint density at radius 2 is 0.736 bits per heavy atom. The maximum Gasteiger partial charge on any atom is 0.220 e. The third-order valence-corrected chi connectivity index (χ3v) is 18.4. The largest absolute Gasteiger partial charge is 0.394 e. The second kappa shape index (κ2) is 61.3. The molecule has 91 heavy (non-hydrogen) atoms. The molecule has 0 saturated carbocycles. The zero-order valence-electron chi connectivity index (χ0n) is 58.1. The van der Waals surface area contributed by atoms with E-state index in [1.54, 1.807) is 6.08 Å². The van der Waals surface area contributed by atoms with Crippen LogP contribution in [0.3, 0.4) is 0 Å². The first-order valence-corrected chi connectivity index (χ1v) is 38.0. The van der Waals surface area contributed by atoms with Crippen molar-refractivity contribution >= 4 is 5.91 Å². The van der Waals surface area contributed by atoms with Crippen LogP contribution >= 0.6 is 0 Å². The van der Waals surface area contributed by atoms with Gasteiger partial charge in [-0.1, -0.05) is 312 Å². The summed E-state index contributed by atoms with van der Waals surface area (Å²) in [4.78, 5) is 13.4. The van der Waals surface area contributed by atoms with Gasteiger partial charge in [0.25, 0.3) is 0 Å². The number of hydrogen-bond donors (Lipinski definition) is 9. The number of carbonyl (C=O) groups is 1. The summed E-state index contributed by atoms with van der Waals surface area (Å²) in [5, 5.41) is 87.5. The van der Waals surface area contributed by atoms with Gasteiger partial charge in [-0.25, -0.2) is 0 Å². The summed E-state index contributed by atoms with van der Waals surface area (Å²) < 4.78 is 22.9. The fourth-order valence-electron chi connectivity index (χ4n) is 12.4. The average molecular weight is 1290 g/mol. The molecule has 2 heterocycles. The highest BCUT2D eigenvalue weighted by Crippen LogP contribution is 2.30. The van der Waals surface area contributed by atoms with E-state index in [0.29, 0.717) is 12.8 Å². The van der Waals surface area contributed by atoms with Gasteiger partial charge in [-0.3, -0.25) is 4.79 Å². The van der Waals surface area contributed by atoms with Crippen molar-refractivity contribution in [3.8, 4) is 0 Å². The summed E-state index contributed by atoms with van der Waals surface area (Å²) in [6.07, 6.45) is 65.8. The highest BCUT2D eigenvalue weighted by Gasteiger charge is 2.51. The number of allylic oxidation sites excluding steroid dienone is 9. The molecule has 532 valence electrons. The summed E-state index contributed by atoms with van der Waals surface area (Å²) in [7, 11) is 0. The topological polar surface area (TPSA) is 228 Å². The lowest BCUT2D eigenvalue weighted by atomic mass is 9.97. The molecule has 0 spiro atoms. The summed E-state index contributed by atoms with van der Waals surface area (Å²) in [6, 6.07) is -0.933. The molecule has 2 aliphatic rings. The van der Waals surface area contributed by atoms with E-state index < -0.39 is 86.8 Å². The van der Waals surface area contributed by atoms with Gasteiger partial charge in [0.1, 0.15) is 48.8 Å². The molecule has 2 saturated heterocycles. The quantitative estimate of drug-likeness (QED) is 0.0204. The molecule has 0 aromatic heterocycles. The van der Waals surface area contributed by atoms with Gasteiger partial charge in [-0.05, 0) is 70.6 Å². The molecule has 2 aliphatic heterocycles. The van der Waals surface area contributed by atoms with Crippen LogP contribution < -0.4 is 5.32 Å². The Morgan fingerprint density at radius 3 is 1.15 bits per heavy atom. The molecule has 0 aliphatic carbocycles. The Balaban J connectivity index is 1.63. The number of amides is 1. The number of unbranched alkanes of at least 4 members (excludes halogenated alkanes) is 42. The molecule has 0 radical (unpaired) electrons. The Kier molecular flexibility index (Phi) is 57.1. The molecule has 1 amide bonds. The molecular weight excluding hydrogens is 1150 g/mol. The summed E-state index contributed by atoms with van der Waals surface area (Å²) in [5.74, 6) is -0.244. The van der Waals surface area contributed by atoms with Crippen LogP contribution in [0.5, 0.6) is 0 Å². The second-order valence-corrected chi connectivity index (χ2v) is 26.8. The van der Waals surface area contributed by atoms with Crippen LogP contribution in [0.15, 0.2) is 60.8 Å². The molecule has 12 atom stereocenters. The lowest BCUT2D eigenvalue weighted by Crippen LogP contribution is -2.65. The molecular formula is C77H141NO13. The van der Waals surface area contributed by atoms with Gasteiger partial charge in [-0.15, -0.1) is 0 Å².